The Bertz CT molecular complexity index is 516. The number of carbonyl (C=O) groups is 1. The molecule has 1 heterocycles. The lowest BCUT2D eigenvalue weighted by atomic mass is 9.94. The van der Waals surface area contributed by atoms with E-state index in [-0.39, 0.29) is 18.3 Å². The van der Waals surface area contributed by atoms with Crippen LogP contribution in [-0.2, 0) is 11.0 Å². The van der Waals surface area contributed by atoms with Crippen molar-refractivity contribution in [3.05, 3.63) is 35.4 Å². The highest BCUT2D eigenvalue weighted by Gasteiger charge is 2.30. The van der Waals surface area contributed by atoms with Crippen molar-refractivity contribution in [3.8, 4) is 0 Å². The predicted molar refractivity (Wildman–Crippen MR) is 85.5 cm³/mol. The highest BCUT2D eigenvalue weighted by atomic mass is 35.5. The van der Waals surface area contributed by atoms with Crippen LogP contribution in [0.15, 0.2) is 24.3 Å². The van der Waals surface area contributed by atoms with Crippen LogP contribution in [0.3, 0.4) is 0 Å². The van der Waals surface area contributed by atoms with Gasteiger partial charge in [-0.15, -0.1) is 12.4 Å². The molecule has 130 valence electrons. The summed E-state index contributed by atoms with van der Waals surface area (Å²) >= 11 is 0. The third kappa shape index (κ3) is 6.03. The number of hydrogen-bond acceptors (Lipinski definition) is 2. The van der Waals surface area contributed by atoms with Crippen molar-refractivity contribution in [2.45, 2.75) is 38.4 Å². The summed E-state index contributed by atoms with van der Waals surface area (Å²) in [5.74, 6) is 0.256. The van der Waals surface area contributed by atoms with E-state index in [1.807, 2.05) is 0 Å². The topological polar surface area (TPSA) is 41.1 Å². The second-order valence-electron chi connectivity index (χ2n) is 5.81. The van der Waals surface area contributed by atoms with E-state index in [0.717, 1.165) is 38.1 Å². The molecule has 0 radical (unpaired) electrons. The van der Waals surface area contributed by atoms with Gasteiger partial charge in [0.1, 0.15) is 0 Å². The van der Waals surface area contributed by atoms with E-state index in [1.165, 1.54) is 6.07 Å². The number of hydrogen-bond donors (Lipinski definition) is 2. The maximum absolute atomic E-state index is 12.7. The Labute approximate surface area is 140 Å². The van der Waals surface area contributed by atoms with Crippen LogP contribution in [0.25, 0.3) is 0 Å². The molecule has 0 aromatic heterocycles. The first kappa shape index (κ1) is 19.8. The molecule has 0 aliphatic carbocycles. The van der Waals surface area contributed by atoms with Gasteiger partial charge >= 0.3 is 6.18 Å². The molecule has 1 aromatic rings. The monoisotopic (exact) mass is 350 g/mol. The van der Waals surface area contributed by atoms with Crippen LogP contribution in [0, 0.1) is 5.92 Å². The molecule has 1 aliphatic rings. The minimum atomic E-state index is -4.37. The first-order valence-corrected chi connectivity index (χ1v) is 7.53. The van der Waals surface area contributed by atoms with E-state index in [4.69, 9.17) is 0 Å². The van der Waals surface area contributed by atoms with Crippen molar-refractivity contribution in [3.63, 3.8) is 0 Å². The van der Waals surface area contributed by atoms with Gasteiger partial charge in [-0.1, -0.05) is 12.1 Å². The zero-order valence-corrected chi connectivity index (χ0v) is 13.8. The molecular weight excluding hydrogens is 329 g/mol. The molecule has 23 heavy (non-hydrogen) atoms. The summed E-state index contributed by atoms with van der Waals surface area (Å²) in [4.78, 5) is 12.0. The van der Waals surface area contributed by atoms with E-state index < -0.39 is 17.8 Å². The van der Waals surface area contributed by atoms with Crippen LogP contribution in [0.2, 0.25) is 0 Å². The van der Waals surface area contributed by atoms with Crippen molar-refractivity contribution < 1.29 is 18.0 Å². The van der Waals surface area contributed by atoms with Gasteiger partial charge in [0.15, 0.2) is 0 Å². The fourth-order valence-corrected chi connectivity index (χ4v) is 2.72. The lowest BCUT2D eigenvalue weighted by Gasteiger charge is -2.23. The second kappa shape index (κ2) is 8.55. The lowest BCUT2D eigenvalue weighted by Crippen LogP contribution is -2.33. The zero-order chi connectivity index (χ0) is 16.2. The van der Waals surface area contributed by atoms with E-state index in [9.17, 15) is 18.0 Å². The Morgan fingerprint density at radius 1 is 1.35 bits per heavy atom. The van der Waals surface area contributed by atoms with Gasteiger partial charge in [-0.25, -0.2) is 0 Å². The Balaban J connectivity index is 0.00000264. The van der Waals surface area contributed by atoms with Crippen LogP contribution in [-0.4, -0.2) is 19.0 Å². The van der Waals surface area contributed by atoms with Crippen LogP contribution < -0.4 is 10.6 Å². The highest BCUT2D eigenvalue weighted by Crippen LogP contribution is 2.30. The smallest absolute Gasteiger partial charge is 0.350 e. The number of rotatable bonds is 4. The summed E-state index contributed by atoms with van der Waals surface area (Å²) in [5.41, 5.74) is -0.224. The molecule has 1 fully saturated rings. The first-order chi connectivity index (χ1) is 10.4. The van der Waals surface area contributed by atoms with Gasteiger partial charge in [0.25, 0.3) is 0 Å². The van der Waals surface area contributed by atoms with Gasteiger partial charge in [0.2, 0.25) is 5.91 Å². The van der Waals surface area contributed by atoms with Gasteiger partial charge in [-0.05, 0) is 56.5 Å². The third-order valence-corrected chi connectivity index (χ3v) is 4.02. The summed E-state index contributed by atoms with van der Waals surface area (Å²) in [5, 5.41) is 6.03. The summed E-state index contributed by atoms with van der Waals surface area (Å²) in [6.45, 7) is 3.54. The third-order valence-electron chi connectivity index (χ3n) is 4.02. The van der Waals surface area contributed by atoms with Crippen LogP contribution >= 0.6 is 12.4 Å². The predicted octanol–water partition coefficient (Wildman–Crippen LogP) is 3.69. The largest absolute Gasteiger partial charge is 0.416 e. The molecule has 1 aliphatic heterocycles. The average Bonchev–Trinajstić information content (AvgIpc) is 2.47. The Morgan fingerprint density at radius 3 is 2.61 bits per heavy atom. The van der Waals surface area contributed by atoms with Crippen molar-refractivity contribution in [2.24, 2.45) is 5.92 Å². The number of piperidine rings is 1. The molecule has 1 aromatic carbocycles. The molecule has 0 saturated carbocycles. The normalized spacial score (nSPS) is 17.2. The summed E-state index contributed by atoms with van der Waals surface area (Å²) in [6, 6.07) is 4.66. The summed E-state index contributed by atoms with van der Waals surface area (Å²) in [6.07, 6.45) is -2.00. The SMILES string of the molecule is CC(NC(=O)CC1CCNCC1)c1cccc(C(F)(F)F)c1.Cl. The second-order valence-corrected chi connectivity index (χ2v) is 5.81. The number of halogens is 4. The maximum Gasteiger partial charge on any atom is 0.416 e. The number of amides is 1. The molecule has 1 amide bonds. The summed E-state index contributed by atoms with van der Waals surface area (Å²) in [7, 11) is 0. The molecule has 0 bridgehead atoms. The van der Waals surface area contributed by atoms with Crippen LogP contribution in [0.4, 0.5) is 13.2 Å². The lowest BCUT2D eigenvalue weighted by molar-refractivity contribution is -0.137. The molecule has 1 atom stereocenters. The molecule has 7 heteroatoms. The highest BCUT2D eigenvalue weighted by molar-refractivity contribution is 5.85. The van der Waals surface area contributed by atoms with E-state index >= 15 is 0 Å². The first-order valence-electron chi connectivity index (χ1n) is 7.53. The molecule has 2 rings (SSSR count). The number of carbonyl (C=O) groups excluding carboxylic acids is 1. The van der Waals surface area contributed by atoms with Crippen molar-refractivity contribution >= 4 is 18.3 Å². The van der Waals surface area contributed by atoms with Gasteiger partial charge in [0, 0.05) is 6.42 Å². The van der Waals surface area contributed by atoms with Crippen LogP contribution in [0.5, 0.6) is 0 Å². The quantitative estimate of drug-likeness (QED) is 0.869. The maximum atomic E-state index is 12.7. The van der Waals surface area contributed by atoms with Crippen LogP contribution in [0.1, 0.15) is 43.4 Å². The van der Waals surface area contributed by atoms with Crippen molar-refractivity contribution in [1.29, 1.82) is 0 Å². The van der Waals surface area contributed by atoms with E-state index in [0.29, 0.717) is 17.9 Å². The van der Waals surface area contributed by atoms with E-state index in [2.05, 4.69) is 10.6 Å². The fourth-order valence-electron chi connectivity index (χ4n) is 2.72. The molecule has 1 unspecified atom stereocenters. The number of nitrogens with one attached hydrogen (secondary N) is 2. The van der Waals surface area contributed by atoms with Gasteiger partial charge in [-0.2, -0.15) is 13.2 Å². The zero-order valence-electron chi connectivity index (χ0n) is 13.0. The van der Waals surface area contributed by atoms with Crippen molar-refractivity contribution in [2.75, 3.05) is 13.1 Å². The van der Waals surface area contributed by atoms with E-state index in [1.54, 1.807) is 13.0 Å². The molecular formula is C16H22ClF3N2O. The minimum absolute atomic E-state index is 0. The van der Waals surface area contributed by atoms with Gasteiger partial charge in [0.05, 0.1) is 11.6 Å². The Morgan fingerprint density at radius 2 is 2.00 bits per heavy atom. The van der Waals surface area contributed by atoms with Crippen molar-refractivity contribution in [1.82, 2.24) is 10.6 Å². The molecule has 3 nitrogen and oxygen atoms in total. The minimum Gasteiger partial charge on any atom is -0.350 e. The number of benzene rings is 1. The summed E-state index contributed by atoms with van der Waals surface area (Å²) < 4.78 is 38.1. The fraction of sp³-hybridized carbons (Fsp3) is 0.562. The molecule has 1 saturated heterocycles. The van der Waals surface area contributed by atoms with Gasteiger partial charge in [-0.3, -0.25) is 4.79 Å². The number of alkyl halides is 3. The Kier molecular flexibility index (Phi) is 7.35. The van der Waals surface area contributed by atoms with Gasteiger partial charge < -0.3 is 10.6 Å². The Hall–Kier alpha value is -1.27. The standard InChI is InChI=1S/C16H21F3N2O.ClH/c1-11(13-3-2-4-14(10-13)16(17,18)19)21-15(22)9-12-5-7-20-8-6-12;/h2-4,10-12,20H,5-9H2,1H3,(H,21,22);1H. The average molecular weight is 351 g/mol. The molecule has 2 N–H and O–H groups in total. The molecule has 0 spiro atoms.